The summed E-state index contributed by atoms with van der Waals surface area (Å²) in [6, 6.07) is 3.13. The largest absolute Gasteiger partial charge is 0.495 e. The molecule has 0 bridgehead atoms. The highest BCUT2D eigenvalue weighted by atomic mass is 35.5. The van der Waals surface area contributed by atoms with E-state index in [9.17, 15) is 14.4 Å². The van der Waals surface area contributed by atoms with Crippen LogP contribution in [0.4, 0.5) is 5.69 Å². The molecule has 1 atom stereocenters. The number of hydrogen-bond acceptors (Lipinski definition) is 6. The average molecular weight is 413 g/mol. The molecule has 0 saturated carbocycles. The molecular formula is C19H25ClN2O6. The zero-order valence-corrected chi connectivity index (χ0v) is 17.4. The Morgan fingerprint density at radius 3 is 2.43 bits per heavy atom. The van der Waals surface area contributed by atoms with Crippen molar-refractivity contribution in [2.24, 2.45) is 5.92 Å². The van der Waals surface area contributed by atoms with Gasteiger partial charge >= 0.3 is 5.97 Å². The van der Waals surface area contributed by atoms with Crippen molar-refractivity contribution in [3.8, 4) is 11.5 Å². The van der Waals surface area contributed by atoms with Crippen LogP contribution in [0.15, 0.2) is 12.1 Å². The Labute approximate surface area is 169 Å². The van der Waals surface area contributed by atoms with E-state index in [-0.39, 0.29) is 18.9 Å². The molecular weight excluding hydrogens is 388 g/mol. The maximum atomic E-state index is 12.5. The molecule has 9 heteroatoms. The van der Waals surface area contributed by atoms with Gasteiger partial charge in [-0.1, -0.05) is 11.6 Å². The normalized spacial score (nSPS) is 16.7. The van der Waals surface area contributed by atoms with E-state index in [2.05, 4.69) is 5.32 Å². The molecule has 1 aliphatic rings. The molecule has 1 saturated heterocycles. The van der Waals surface area contributed by atoms with Gasteiger partial charge in [-0.2, -0.15) is 0 Å². The van der Waals surface area contributed by atoms with Crippen LogP contribution < -0.4 is 19.7 Å². The average Bonchev–Trinajstić information content (AvgIpc) is 2.99. The Kier molecular flexibility index (Phi) is 6.77. The van der Waals surface area contributed by atoms with Crippen molar-refractivity contribution in [3.05, 3.63) is 17.2 Å². The molecule has 1 heterocycles. The Morgan fingerprint density at radius 2 is 1.86 bits per heavy atom. The fourth-order valence-electron chi connectivity index (χ4n) is 2.86. The van der Waals surface area contributed by atoms with Crippen LogP contribution in [0.1, 0.15) is 27.2 Å². The summed E-state index contributed by atoms with van der Waals surface area (Å²) in [5.74, 6) is -1.13. The molecule has 0 aromatic heterocycles. The first-order valence-electron chi connectivity index (χ1n) is 8.75. The molecule has 28 heavy (non-hydrogen) atoms. The van der Waals surface area contributed by atoms with Gasteiger partial charge in [-0.05, 0) is 26.8 Å². The standard InChI is InChI=1S/C19H25ClN2O6/c1-19(2,3)21-16(23)10-28-18(25)11-6-17(24)22(9-11)13-7-12(20)14(26-4)8-15(13)27-5/h7-8,11H,6,9-10H2,1-5H3,(H,21,23)/t11-/m1/s1. The highest BCUT2D eigenvalue weighted by molar-refractivity contribution is 6.32. The van der Waals surface area contributed by atoms with Crippen LogP contribution in [0.2, 0.25) is 5.02 Å². The highest BCUT2D eigenvalue weighted by Gasteiger charge is 2.38. The smallest absolute Gasteiger partial charge is 0.311 e. The highest BCUT2D eigenvalue weighted by Crippen LogP contribution is 2.40. The number of carbonyl (C=O) groups is 3. The van der Waals surface area contributed by atoms with E-state index < -0.39 is 29.9 Å². The number of nitrogens with one attached hydrogen (secondary N) is 1. The summed E-state index contributed by atoms with van der Waals surface area (Å²) in [5, 5.41) is 3.02. The van der Waals surface area contributed by atoms with Crippen LogP contribution in [0.3, 0.4) is 0 Å². The SMILES string of the molecule is COc1cc(OC)c(N2C[C@H](C(=O)OCC(=O)NC(C)(C)C)CC2=O)cc1Cl. The number of halogens is 1. The minimum absolute atomic E-state index is 0.0213. The molecule has 0 unspecified atom stereocenters. The van der Waals surface area contributed by atoms with E-state index in [0.29, 0.717) is 22.2 Å². The Hall–Kier alpha value is -2.48. The number of ether oxygens (including phenoxy) is 3. The second-order valence-electron chi connectivity index (χ2n) is 7.47. The number of esters is 1. The van der Waals surface area contributed by atoms with Crippen molar-refractivity contribution in [2.45, 2.75) is 32.7 Å². The van der Waals surface area contributed by atoms with Gasteiger partial charge in [0, 0.05) is 24.6 Å². The molecule has 0 radical (unpaired) electrons. The fraction of sp³-hybridized carbons (Fsp3) is 0.526. The Balaban J connectivity index is 2.06. The first kappa shape index (κ1) is 21.8. The molecule has 154 valence electrons. The van der Waals surface area contributed by atoms with Crippen molar-refractivity contribution in [1.82, 2.24) is 5.32 Å². The van der Waals surface area contributed by atoms with Crippen LogP contribution in [0.25, 0.3) is 0 Å². The van der Waals surface area contributed by atoms with E-state index in [1.54, 1.807) is 12.1 Å². The predicted octanol–water partition coefficient (Wildman–Crippen LogP) is 2.17. The van der Waals surface area contributed by atoms with Crippen molar-refractivity contribution in [3.63, 3.8) is 0 Å². The Morgan fingerprint density at radius 1 is 1.21 bits per heavy atom. The lowest BCUT2D eigenvalue weighted by molar-refractivity contribution is -0.152. The third-order valence-corrected chi connectivity index (χ3v) is 4.36. The minimum Gasteiger partial charge on any atom is -0.495 e. The summed E-state index contributed by atoms with van der Waals surface area (Å²) in [6.07, 6.45) is -0.0213. The summed E-state index contributed by atoms with van der Waals surface area (Å²) >= 11 is 6.17. The topological polar surface area (TPSA) is 94.2 Å². The van der Waals surface area contributed by atoms with Gasteiger partial charge in [0.25, 0.3) is 5.91 Å². The number of rotatable bonds is 6. The number of hydrogen-bond donors (Lipinski definition) is 1. The maximum absolute atomic E-state index is 12.5. The van der Waals surface area contributed by atoms with Gasteiger partial charge in [0.2, 0.25) is 5.91 Å². The fourth-order valence-corrected chi connectivity index (χ4v) is 3.10. The summed E-state index contributed by atoms with van der Waals surface area (Å²) in [7, 11) is 2.94. The van der Waals surface area contributed by atoms with E-state index in [0.717, 1.165) is 0 Å². The monoisotopic (exact) mass is 412 g/mol. The van der Waals surface area contributed by atoms with Crippen molar-refractivity contribution >= 4 is 35.1 Å². The zero-order chi connectivity index (χ0) is 21.1. The maximum Gasteiger partial charge on any atom is 0.311 e. The third-order valence-electron chi connectivity index (χ3n) is 4.06. The third kappa shape index (κ3) is 5.28. The minimum atomic E-state index is -0.680. The molecule has 1 aromatic rings. The van der Waals surface area contributed by atoms with Crippen LogP contribution >= 0.6 is 11.6 Å². The number of carbonyl (C=O) groups excluding carboxylic acids is 3. The van der Waals surface area contributed by atoms with Gasteiger partial charge in [-0.3, -0.25) is 14.4 Å². The number of benzene rings is 1. The van der Waals surface area contributed by atoms with Crippen molar-refractivity contribution < 1.29 is 28.6 Å². The van der Waals surface area contributed by atoms with E-state index >= 15 is 0 Å². The van der Waals surface area contributed by atoms with E-state index in [1.165, 1.54) is 19.1 Å². The van der Waals surface area contributed by atoms with E-state index in [1.807, 2.05) is 20.8 Å². The van der Waals surface area contributed by atoms with Crippen molar-refractivity contribution in [2.75, 3.05) is 32.3 Å². The van der Waals surface area contributed by atoms with Crippen LogP contribution in [0, 0.1) is 5.92 Å². The zero-order valence-electron chi connectivity index (χ0n) is 16.6. The van der Waals surface area contributed by atoms with Crippen molar-refractivity contribution in [1.29, 1.82) is 0 Å². The number of nitrogens with zero attached hydrogens (tertiary/aromatic N) is 1. The van der Waals surface area contributed by atoms with E-state index in [4.69, 9.17) is 25.8 Å². The van der Waals surface area contributed by atoms with Crippen LogP contribution in [-0.4, -0.2) is 50.7 Å². The van der Waals surface area contributed by atoms with Gasteiger partial charge in [0.1, 0.15) is 11.5 Å². The summed E-state index contributed by atoms with van der Waals surface area (Å²) in [6.45, 7) is 5.20. The number of methoxy groups -OCH3 is 2. The van der Waals surface area contributed by atoms with Gasteiger partial charge in [-0.15, -0.1) is 0 Å². The molecule has 0 spiro atoms. The lowest BCUT2D eigenvalue weighted by atomic mass is 10.1. The molecule has 2 amide bonds. The predicted molar refractivity (Wildman–Crippen MR) is 104 cm³/mol. The summed E-state index contributed by atoms with van der Waals surface area (Å²) in [5.41, 5.74) is 0.0208. The summed E-state index contributed by atoms with van der Waals surface area (Å²) < 4.78 is 15.6. The lowest BCUT2D eigenvalue weighted by Crippen LogP contribution is -2.43. The molecule has 1 fully saturated rings. The first-order chi connectivity index (χ1) is 13.1. The van der Waals surface area contributed by atoms with Crippen LogP contribution in [-0.2, 0) is 19.1 Å². The van der Waals surface area contributed by atoms with Gasteiger partial charge in [0.05, 0.1) is 30.8 Å². The van der Waals surface area contributed by atoms with Gasteiger partial charge in [-0.25, -0.2) is 0 Å². The molecule has 0 aliphatic carbocycles. The number of amides is 2. The van der Waals surface area contributed by atoms with Crippen LogP contribution in [0.5, 0.6) is 11.5 Å². The molecule has 1 N–H and O–H groups in total. The van der Waals surface area contributed by atoms with Gasteiger partial charge < -0.3 is 24.4 Å². The quantitative estimate of drug-likeness (QED) is 0.719. The Bertz CT molecular complexity index is 774. The molecule has 1 aromatic carbocycles. The molecule has 1 aliphatic heterocycles. The molecule has 2 rings (SSSR count). The second-order valence-corrected chi connectivity index (χ2v) is 7.88. The summed E-state index contributed by atoms with van der Waals surface area (Å²) in [4.78, 5) is 38.0. The lowest BCUT2D eigenvalue weighted by Gasteiger charge is -2.21. The van der Waals surface area contributed by atoms with Gasteiger partial charge in [0.15, 0.2) is 6.61 Å². The number of anilines is 1. The molecule has 8 nitrogen and oxygen atoms in total. The first-order valence-corrected chi connectivity index (χ1v) is 9.13. The second kappa shape index (κ2) is 8.68.